The fourth-order valence-corrected chi connectivity index (χ4v) is 2.64. The Balaban J connectivity index is 1.40. The first kappa shape index (κ1) is 20.0. The number of amides is 1. The average Bonchev–Trinajstić information content (AvgIpc) is 3.30. The van der Waals surface area contributed by atoms with Gasteiger partial charge in [0.05, 0.1) is 5.56 Å². The van der Waals surface area contributed by atoms with Crippen LogP contribution in [0.2, 0.25) is 0 Å². The Morgan fingerprint density at radius 1 is 0.968 bits per heavy atom. The number of hydrogen-bond acceptors (Lipinski definition) is 6. The Hall–Kier alpha value is -4.28. The number of alkyl halides is 3. The van der Waals surface area contributed by atoms with Crippen LogP contribution in [0.1, 0.15) is 16.1 Å². The second-order valence-corrected chi connectivity index (χ2v) is 6.32. The van der Waals surface area contributed by atoms with Gasteiger partial charge in [-0.2, -0.15) is 13.2 Å². The van der Waals surface area contributed by atoms with Gasteiger partial charge in [0.1, 0.15) is 30.0 Å². The lowest BCUT2D eigenvalue weighted by molar-refractivity contribution is -0.141. The van der Waals surface area contributed by atoms with Gasteiger partial charge in [-0.1, -0.05) is 0 Å². The zero-order chi connectivity index (χ0) is 21.8. The number of benzene rings is 1. The van der Waals surface area contributed by atoms with Gasteiger partial charge in [-0.25, -0.2) is 15.0 Å². The summed E-state index contributed by atoms with van der Waals surface area (Å²) in [6.07, 6.45) is 2.78. The summed E-state index contributed by atoms with van der Waals surface area (Å²) in [5.41, 5.74) is 0.144. The third kappa shape index (κ3) is 4.83. The predicted molar refractivity (Wildman–Crippen MR) is 106 cm³/mol. The van der Waals surface area contributed by atoms with Crippen molar-refractivity contribution in [3.05, 3.63) is 85.0 Å². The molecule has 156 valence electrons. The van der Waals surface area contributed by atoms with E-state index < -0.39 is 17.8 Å². The van der Waals surface area contributed by atoms with Gasteiger partial charge >= 0.3 is 6.18 Å². The molecule has 0 radical (unpaired) electrons. The molecule has 3 aromatic heterocycles. The van der Waals surface area contributed by atoms with Crippen LogP contribution in [0, 0.1) is 0 Å². The number of pyridine rings is 1. The van der Waals surface area contributed by atoms with Crippen LogP contribution in [-0.4, -0.2) is 30.4 Å². The molecule has 4 rings (SSSR count). The van der Waals surface area contributed by atoms with Crippen LogP contribution in [0.5, 0.6) is 0 Å². The van der Waals surface area contributed by atoms with Gasteiger partial charge in [-0.3, -0.25) is 14.3 Å². The Labute approximate surface area is 173 Å². The molecule has 1 aromatic carbocycles. The van der Waals surface area contributed by atoms with E-state index in [-0.39, 0.29) is 5.56 Å². The molecule has 0 saturated heterocycles. The number of halogens is 3. The van der Waals surface area contributed by atoms with Crippen molar-refractivity contribution in [1.29, 1.82) is 0 Å². The van der Waals surface area contributed by atoms with E-state index in [4.69, 9.17) is 0 Å². The molecular weight excluding hydrogens is 411 g/mol. The smallest absolute Gasteiger partial charge is 0.340 e. The van der Waals surface area contributed by atoms with Crippen LogP contribution in [0.15, 0.2) is 73.7 Å². The molecule has 31 heavy (non-hydrogen) atoms. The quantitative estimate of drug-likeness (QED) is 0.500. The zero-order valence-electron chi connectivity index (χ0n) is 15.7. The lowest BCUT2D eigenvalue weighted by Crippen LogP contribution is -2.14. The maximum atomic E-state index is 12.6. The van der Waals surface area contributed by atoms with Crippen molar-refractivity contribution in [2.45, 2.75) is 6.18 Å². The lowest BCUT2D eigenvalue weighted by atomic mass is 10.2. The van der Waals surface area contributed by atoms with Crippen LogP contribution in [-0.2, 0) is 6.18 Å². The molecule has 11 heteroatoms. The molecule has 0 aliphatic rings. The number of nitrogens with zero attached hydrogens (tertiary/aromatic N) is 5. The number of imidazole rings is 1. The fourth-order valence-electron chi connectivity index (χ4n) is 2.64. The van der Waals surface area contributed by atoms with Crippen LogP contribution < -0.4 is 10.6 Å². The van der Waals surface area contributed by atoms with E-state index in [0.29, 0.717) is 23.0 Å². The van der Waals surface area contributed by atoms with E-state index in [9.17, 15) is 18.0 Å². The Morgan fingerprint density at radius 2 is 1.74 bits per heavy atom. The van der Waals surface area contributed by atoms with Crippen molar-refractivity contribution >= 4 is 23.1 Å². The molecule has 0 aliphatic carbocycles. The normalized spacial score (nSPS) is 11.2. The van der Waals surface area contributed by atoms with Crippen molar-refractivity contribution in [2.75, 3.05) is 10.6 Å². The van der Waals surface area contributed by atoms with Gasteiger partial charge in [-0.05, 0) is 36.4 Å². The minimum absolute atomic E-state index is 0.0169. The highest BCUT2D eigenvalue weighted by Crippen LogP contribution is 2.27. The van der Waals surface area contributed by atoms with Gasteiger partial charge in [0.25, 0.3) is 5.91 Å². The molecule has 0 spiro atoms. The topological polar surface area (TPSA) is 97.6 Å². The first-order valence-corrected chi connectivity index (χ1v) is 8.90. The first-order valence-electron chi connectivity index (χ1n) is 8.90. The molecular formula is C20H14F3N7O. The number of aromatic nitrogens is 5. The summed E-state index contributed by atoms with van der Waals surface area (Å²) < 4.78 is 39.5. The Morgan fingerprint density at radius 3 is 2.39 bits per heavy atom. The average molecular weight is 425 g/mol. The molecule has 0 fully saturated rings. The first-order chi connectivity index (χ1) is 14.9. The zero-order valence-corrected chi connectivity index (χ0v) is 15.7. The molecule has 0 saturated carbocycles. The molecule has 8 nitrogen and oxygen atoms in total. The second-order valence-electron chi connectivity index (χ2n) is 6.32. The molecule has 1 amide bonds. The van der Waals surface area contributed by atoms with E-state index in [1.54, 1.807) is 53.6 Å². The molecule has 0 aliphatic heterocycles. The lowest BCUT2D eigenvalue weighted by Gasteiger charge is -2.10. The maximum absolute atomic E-state index is 12.6. The summed E-state index contributed by atoms with van der Waals surface area (Å²) in [5, 5.41) is 5.74. The van der Waals surface area contributed by atoms with Crippen molar-refractivity contribution in [3.63, 3.8) is 0 Å². The van der Waals surface area contributed by atoms with E-state index in [0.717, 1.165) is 18.3 Å². The molecule has 0 bridgehead atoms. The highest BCUT2D eigenvalue weighted by Gasteiger charge is 2.32. The third-order valence-corrected chi connectivity index (χ3v) is 4.15. The largest absolute Gasteiger partial charge is 0.433 e. The summed E-state index contributed by atoms with van der Waals surface area (Å²) >= 11 is 0. The molecule has 0 unspecified atom stereocenters. The van der Waals surface area contributed by atoms with Crippen LogP contribution in [0.3, 0.4) is 0 Å². The van der Waals surface area contributed by atoms with Gasteiger partial charge in [0.15, 0.2) is 0 Å². The summed E-state index contributed by atoms with van der Waals surface area (Å²) in [5.74, 6) is 0.637. The van der Waals surface area contributed by atoms with Gasteiger partial charge in [-0.15, -0.1) is 0 Å². The summed E-state index contributed by atoms with van der Waals surface area (Å²) in [4.78, 5) is 27.8. The third-order valence-electron chi connectivity index (χ3n) is 4.15. The molecule has 2 N–H and O–H groups in total. The number of nitrogens with one attached hydrogen (secondary N) is 2. The minimum atomic E-state index is -4.55. The Kier molecular flexibility index (Phi) is 5.31. The number of hydrogen-bond donors (Lipinski definition) is 2. The molecule has 4 aromatic rings. The standard InChI is InChI=1S/C20H14F3N7O/c21-20(22,23)16-6-1-13(10-25-16)19(31)29-15-4-2-14(3-5-15)28-17-9-18(27-11-26-17)30-8-7-24-12-30/h1-12H,(H,29,31)(H,26,27,28). The van der Waals surface area contributed by atoms with Crippen molar-refractivity contribution in [2.24, 2.45) is 0 Å². The fraction of sp³-hybridized carbons (Fsp3) is 0.0500. The van der Waals surface area contributed by atoms with Crippen LogP contribution >= 0.6 is 0 Å². The van der Waals surface area contributed by atoms with Crippen molar-refractivity contribution in [3.8, 4) is 5.82 Å². The van der Waals surface area contributed by atoms with E-state index in [1.807, 2.05) is 0 Å². The highest BCUT2D eigenvalue weighted by atomic mass is 19.4. The van der Waals surface area contributed by atoms with Crippen LogP contribution in [0.4, 0.5) is 30.4 Å². The van der Waals surface area contributed by atoms with Crippen molar-refractivity contribution < 1.29 is 18.0 Å². The predicted octanol–water partition coefficient (Wildman–Crippen LogP) is 4.07. The van der Waals surface area contributed by atoms with E-state index in [1.165, 1.54) is 6.33 Å². The molecule has 3 heterocycles. The van der Waals surface area contributed by atoms with Gasteiger partial charge in [0.2, 0.25) is 0 Å². The monoisotopic (exact) mass is 425 g/mol. The van der Waals surface area contributed by atoms with E-state index in [2.05, 4.69) is 30.6 Å². The SMILES string of the molecule is O=C(Nc1ccc(Nc2cc(-n3ccnc3)ncn2)cc1)c1ccc(C(F)(F)F)nc1. The number of carbonyl (C=O) groups excluding carboxylic acids is 1. The molecule has 0 atom stereocenters. The summed E-state index contributed by atoms with van der Waals surface area (Å²) in [7, 11) is 0. The number of carbonyl (C=O) groups is 1. The van der Waals surface area contributed by atoms with E-state index >= 15 is 0 Å². The second kappa shape index (κ2) is 8.22. The number of anilines is 3. The van der Waals surface area contributed by atoms with Crippen LogP contribution in [0.25, 0.3) is 5.82 Å². The summed E-state index contributed by atoms with van der Waals surface area (Å²) in [6.45, 7) is 0. The van der Waals surface area contributed by atoms with Gasteiger partial charge in [0, 0.05) is 36.0 Å². The minimum Gasteiger partial charge on any atom is -0.340 e. The highest BCUT2D eigenvalue weighted by molar-refractivity contribution is 6.04. The Bertz CT molecular complexity index is 1170. The van der Waals surface area contributed by atoms with Gasteiger partial charge < -0.3 is 10.6 Å². The maximum Gasteiger partial charge on any atom is 0.433 e. The summed E-state index contributed by atoms with van der Waals surface area (Å²) in [6, 6.07) is 10.3. The van der Waals surface area contributed by atoms with Crippen molar-refractivity contribution in [1.82, 2.24) is 24.5 Å². The number of rotatable bonds is 5.